The Morgan fingerprint density at radius 2 is 1.42 bits per heavy atom. The van der Waals surface area contributed by atoms with E-state index in [0.717, 1.165) is 0 Å². The maximum atomic E-state index is 13.2. The number of carboxylic acids is 1. The molecule has 4 amide bonds. The number of carbonyl (C=O) groups is 5. The summed E-state index contributed by atoms with van der Waals surface area (Å²) >= 11 is 0. The number of phenols is 1. The van der Waals surface area contributed by atoms with Gasteiger partial charge in [0.05, 0.1) is 6.04 Å². The lowest BCUT2D eigenvalue weighted by Crippen LogP contribution is -2.57. The average Bonchev–Trinajstić information content (AvgIpc) is 2.83. The van der Waals surface area contributed by atoms with Gasteiger partial charge in [-0.15, -0.1) is 0 Å². The molecule has 13 N–H and O–H groups in total. The molecule has 0 saturated heterocycles. The molecule has 1 rings (SSSR count). The molecule has 0 aliphatic heterocycles. The van der Waals surface area contributed by atoms with E-state index < -0.39 is 53.8 Å². The fourth-order valence-corrected chi connectivity index (χ4v) is 3.24. The van der Waals surface area contributed by atoms with Gasteiger partial charge in [-0.2, -0.15) is 0 Å². The molecule has 0 fully saturated rings. The number of nitrogens with two attached hydrogens (primary N) is 4. The van der Waals surface area contributed by atoms with Crippen molar-refractivity contribution in [2.45, 2.75) is 63.2 Å². The van der Waals surface area contributed by atoms with Crippen LogP contribution in [0, 0.1) is 0 Å². The van der Waals surface area contributed by atoms with Crippen molar-refractivity contribution in [1.82, 2.24) is 16.0 Å². The monoisotopic (exact) mass is 536 g/mol. The van der Waals surface area contributed by atoms with Crippen molar-refractivity contribution in [3.05, 3.63) is 29.8 Å². The smallest absolute Gasteiger partial charge is 0.326 e. The second-order valence-corrected chi connectivity index (χ2v) is 8.63. The molecule has 0 aliphatic rings. The molecular formula is C23H36N8O7. The maximum Gasteiger partial charge on any atom is 0.326 e. The Hall–Kier alpha value is -4.40. The zero-order chi connectivity index (χ0) is 28.8. The molecule has 1 aromatic rings. The summed E-state index contributed by atoms with van der Waals surface area (Å²) in [4.78, 5) is 65.0. The topological polar surface area (TPSA) is 278 Å². The highest BCUT2D eigenvalue weighted by Crippen LogP contribution is 2.12. The first kappa shape index (κ1) is 31.6. The predicted molar refractivity (Wildman–Crippen MR) is 137 cm³/mol. The van der Waals surface area contributed by atoms with Gasteiger partial charge >= 0.3 is 5.97 Å². The number of amides is 4. The van der Waals surface area contributed by atoms with Gasteiger partial charge in [-0.05, 0) is 43.9 Å². The van der Waals surface area contributed by atoms with E-state index in [2.05, 4.69) is 20.9 Å². The number of guanidine groups is 1. The minimum atomic E-state index is -1.44. The van der Waals surface area contributed by atoms with Crippen LogP contribution < -0.4 is 38.9 Å². The number of primary amides is 1. The van der Waals surface area contributed by atoms with Crippen LogP contribution in [-0.2, 0) is 30.4 Å². The van der Waals surface area contributed by atoms with Crippen LogP contribution in [0.2, 0.25) is 0 Å². The van der Waals surface area contributed by atoms with Gasteiger partial charge in [-0.1, -0.05) is 12.1 Å². The van der Waals surface area contributed by atoms with Crippen molar-refractivity contribution >= 4 is 35.6 Å². The third-order valence-corrected chi connectivity index (χ3v) is 5.29. The average molecular weight is 537 g/mol. The number of nitrogens with one attached hydrogen (secondary N) is 3. The number of aliphatic carboxylic acids is 1. The second kappa shape index (κ2) is 15.7. The molecule has 4 unspecified atom stereocenters. The number of aliphatic imine (C=N–C) groups is 1. The first-order valence-corrected chi connectivity index (χ1v) is 11.8. The van der Waals surface area contributed by atoms with E-state index >= 15 is 0 Å². The molecule has 0 spiro atoms. The van der Waals surface area contributed by atoms with Gasteiger partial charge in [0, 0.05) is 19.4 Å². The van der Waals surface area contributed by atoms with E-state index in [1.807, 2.05) is 0 Å². The normalized spacial score (nSPS) is 13.7. The van der Waals surface area contributed by atoms with Crippen LogP contribution in [0.15, 0.2) is 29.3 Å². The summed E-state index contributed by atoms with van der Waals surface area (Å²) in [5, 5.41) is 26.4. The Balaban J connectivity index is 3.15. The van der Waals surface area contributed by atoms with Gasteiger partial charge < -0.3 is 49.1 Å². The van der Waals surface area contributed by atoms with Crippen molar-refractivity contribution in [2.24, 2.45) is 27.9 Å². The summed E-state index contributed by atoms with van der Waals surface area (Å²) < 4.78 is 0. The molecule has 0 aromatic heterocycles. The maximum absolute atomic E-state index is 13.2. The highest BCUT2D eigenvalue weighted by molar-refractivity contribution is 5.94. The summed E-state index contributed by atoms with van der Waals surface area (Å²) in [6, 6.07) is 1.06. The lowest BCUT2D eigenvalue weighted by Gasteiger charge is -2.25. The Morgan fingerprint density at radius 1 is 0.868 bits per heavy atom. The van der Waals surface area contributed by atoms with Crippen LogP contribution in [-0.4, -0.2) is 76.5 Å². The number of nitrogens with zero attached hydrogens (tertiary/aromatic N) is 1. The number of rotatable bonds is 16. The molecule has 0 aliphatic carbocycles. The van der Waals surface area contributed by atoms with Crippen molar-refractivity contribution in [3.8, 4) is 5.75 Å². The molecule has 15 heteroatoms. The first-order valence-electron chi connectivity index (χ1n) is 11.8. The van der Waals surface area contributed by atoms with Gasteiger partial charge in [-0.25, -0.2) is 4.79 Å². The zero-order valence-electron chi connectivity index (χ0n) is 21.1. The zero-order valence-corrected chi connectivity index (χ0v) is 21.1. The van der Waals surface area contributed by atoms with Crippen LogP contribution in [0.4, 0.5) is 0 Å². The molecule has 0 saturated carbocycles. The van der Waals surface area contributed by atoms with E-state index in [4.69, 9.17) is 22.9 Å². The molecule has 1 aromatic carbocycles. The number of hydrogen-bond acceptors (Lipinski definition) is 8. The van der Waals surface area contributed by atoms with Crippen LogP contribution in [0.25, 0.3) is 0 Å². The molecular weight excluding hydrogens is 500 g/mol. The van der Waals surface area contributed by atoms with Crippen molar-refractivity contribution in [3.63, 3.8) is 0 Å². The molecule has 15 nitrogen and oxygen atoms in total. The van der Waals surface area contributed by atoms with E-state index in [9.17, 15) is 34.2 Å². The first-order chi connectivity index (χ1) is 17.8. The van der Waals surface area contributed by atoms with E-state index in [-0.39, 0.29) is 43.9 Å². The molecule has 0 bridgehead atoms. The summed E-state index contributed by atoms with van der Waals surface area (Å²) in [5.41, 5.74) is 21.8. The van der Waals surface area contributed by atoms with Crippen LogP contribution >= 0.6 is 0 Å². The quantitative estimate of drug-likeness (QED) is 0.0591. The van der Waals surface area contributed by atoms with Gasteiger partial charge in [0.25, 0.3) is 0 Å². The Kier molecular flexibility index (Phi) is 13.0. The second-order valence-electron chi connectivity index (χ2n) is 8.63. The van der Waals surface area contributed by atoms with Gasteiger partial charge in [-0.3, -0.25) is 24.2 Å². The molecule has 0 heterocycles. The summed E-state index contributed by atoms with van der Waals surface area (Å²) in [6.45, 7) is 1.61. The van der Waals surface area contributed by atoms with Crippen LogP contribution in [0.5, 0.6) is 5.75 Å². The number of carbonyl (C=O) groups excluding carboxylic acids is 4. The Labute approximate surface area is 219 Å². The molecule has 4 atom stereocenters. The fourth-order valence-electron chi connectivity index (χ4n) is 3.24. The van der Waals surface area contributed by atoms with Gasteiger partial charge in [0.15, 0.2) is 5.96 Å². The number of hydrogen-bond donors (Lipinski definition) is 9. The minimum Gasteiger partial charge on any atom is -0.508 e. The predicted octanol–water partition coefficient (Wildman–Crippen LogP) is -2.86. The Morgan fingerprint density at radius 3 is 1.95 bits per heavy atom. The molecule has 210 valence electrons. The van der Waals surface area contributed by atoms with E-state index in [1.54, 1.807) is 0 Å². The van der Waals surface area contributed by atoms with Crippen LogP contribution in [0.3, 0.4) is 0 Å². The summed E-state index contributed by atoms with van der Waals surface area (Å²) in [7, 11) is 0. The van der Waals surface area contributed by atoms with Crippen molar-refractivity contribution in [2.75, 3.05) is 6.54 Å². The van der Waals surface area contributed by atoms with E-state index in [0.29, 0.717) is 12.0 Å². The number of benzene rings is 1. The summed E-state index contributed by atoms with van der Waals surface area (Å²) in [5.74, 6) is -4.48. The SMILES string of the molecule is CC(N)C(=O)NC(CCCN=C(N)N)C(=O)NC(Cc1ccc(O)cc1)C(=O)NC(CCC(N)=O)C(=O)O. The lowest BCUT2D eigenvalue weighted by atomic mass is 10.0. The number of phenolic OH excluding ortho intramolecular Hbond substituents is 1. The minimum absolute atomic E-state index is 0.0179. The number of aromatic hydroxyl groups is 1. The third kappa shape index (κ3) is 12.0. The van der Waals surface area contributed by atoms with Crippen molar-refractivity contribution < 1.29 is 34.2 Å². The van der Waals surface area contributed by atoms with Gasteiger partial charge in [0.2, 0.25) is 23.6 Å². The number of carboxylic acid groups (broad SMARTS) is 1. The molecule has 0 radical (unpaired) electrons. The third-order valence-electron chi connectivity index (χ3n) is 5.29. The molecule has 38 heavy (non-hydrogen) atoms. The van der Waals surface area contributed by atoms with Crippen molar-refractivity contribution in [1.29, 1.82) is 0 Å². The van der Waals surface area contributed by atoms with Crippen LogP contribution in [0.1, 0.15) is 38.2 Å². The summed E-state index contributed by atoms with van der Waals surface area (Å²) in [6.07, 6.45) is -0.216. The standard InChI is InChI=1S/C23H36N8O7/c1-12(24)19(34)29-15(3-2-10-28-23(26)27)20(35)31-17(11-13-4-6-14(32)7-5-13)21(36)30-16(22(37)38)8-9-18(25)33/h4-7,12,15-17,32H,2-3,8-11,24H2,1H3,(H2,25,33)(H,29,34)(H,30,36)(H,31,35)(H,37,38)(H4,26,27,28). The van der Waals surface area contributed by atoms with Gasteiger partial charge in [0.1, 0.15) is 23.9 Å². The Bertz CT molecular complexity index is 1010. The lowest BCUT2D eigenvalue weighted by molar-refractivity contribution is -0.142. The highest BCUT2D eigenvalue weighted by Gasteiger charge is 2.30. The highest BCUT2D eigenvalue weighted by atomic mass is 16.4. The van der Waals surface area contributed by atoms with E-state index in [1.165, 1.54) is 31.2 Å². The largest absolute Gasteiger partial charge is 0.508 e. The fraction of sp³-hybridized carbons (Fsp3) is 0.478.